The van der Waals surface area contributed by atoms with Gasteiger partial charge in [-0.05, 0) is 48.0 Å². The van der Waals surface area contributed by atoms with Crippen molar-refractivity contribution in [1.82, 2.24) is 40.1 Å². The molecule has 0 saturated carbocycles. The van der Waals surface area contributed by atoms with Crippen molar-refractivity contribution >= 4 is 23.2 Å². The molecule has 0 fully saturated rings. The Morgan fingerprint density at radius 2 is 1.96 bits per heavy atom. The number of aromatic nitrogens is 7. The highest BCUT2D eigenvalue weighted by Gasteiger charge is 2.22. The first kappa shape index (κ1) is 18.1. The van der Waals surface area contributed by atoms with Crippen LogP contribution in [0.5, 0.6) is 0 Å². The van der Waals surface area contributed by atoms with E-state index in [2.05, 4.69) is 30.9 Å². The quantitative estimate of drug-likeness (QED) is 0.536. The summed E-state index contributed by atoms with van der Waals surface area (Å²) in [5.74, 6) is 0.869. The fourth-order valence-corrected chi connectivity index (χ4v) is 2.95. The van der Waals surface area contributed by atoms with E-state index in [-0.39, 0.29) is 12.5 Å². The zero-order chi connectivity index (χ0) is 19.5. The van der Waals surface area contributed by atoms with Crippen molar-refractivity contribution in [1.29, 1.82) is 0 Å². The predicted octanol–water partition coefficient (Wildman–Crippen LogP) is 2.30. The largest absolute Gasteiger partial charge is 0.347 e. The van der Waals surface area contributed by atoms with Crippen LogP contribution in [0.25, 0.3) is 17.0 Å². The van der Waals surface area contributed by atoms with Gasteiger partial charge in [0.2, 0.25) is 11.7 Å². The zero-order valence-corrected chi connectivity index (χ0v) is 15.8. The summed E-state index contributed by atoms with van der Waals surface area (Å²) in [5, 5.41) is 24.1. The van der Waals surface area contributed by atoms with Crippen LogP contribution in [0.4, 0.5) is 0 Å². The number of nitrogens with zero attached hydrogens (tertiary/aromatic N) is 7. The average Bonchev–Trinajstić information content (AvgIpc) is 3.35. The van der Waals surface area contributed by atoms with Crippen molar-refractivity contribution in [2.75, 3.05) is 0 Å². The lowest BCUT2D eigenvalue weighted by atomic mass is 10.2. The normalized spacial score (nSPS) is 12.2. The van der Waals surface area contributed by atoms with Crippen molar-refractivity contribution < 1.29 is 4.79 Å². The molecular formula is C18H17ClN8O. The van der Waals surface area contributed by atoms with Crippen LogP contribution in [-0.2, 0) is 11.3 Å². The summed E-state index contributed by atoms with van der Waals surface area (Å²) < 4.78 is 1.83. The van der Waals surface area contributed by atoms with Gasteiger partial charge < -0.3 is 5.32 Å². The van der Waals surface area contributed by atoms with Crippen molar-refractivity contribution in [2.24, 2.45) is 0 Å². The first-order valence-electron chi connectivity index (χ1n) is 8.77. The van der Waals surface area contributed by atoms with E-state index in [1.54, 1.807) is 24.3 Å². The van der Waals surface area contributed by atoms with Crippen LogP contribution < -0.4 is 5.32 Å². The van der Waals surface area contributed by atoms with Gasteiger partial charge in [-0.3, -0.25) is 9.20 Å². The number of carbonyl (C=O) groups excluding carboxylic acids is 1. The minimum absolute atomic E-state index is 0.213. The SMILES string of the molecule is CCC(C(=O)NCc1nnc2ccccn12)n1nnc(-c2ccc(Cl)cc2)n1. The fourth-order valence-electron chi connectivity index (χ4n) is 2.82. The first-order chi connectivity index (χ1) is 13.7. The molecule has 0 aliphatic carbocycles. The number of pyridine rings is 1. The third kappa shape index (κ3) is 3.56. The molecule has 0 saturated heterocycles. The van der Waals surface area contributed by atoms with E-state index in [9.17, 15) is 4.79 Å². The average molecular weight is 397 g/mol. The van der Waals surface area contributed by atoms with Crippen LogP contribution in [0, 0.1) is 0 Å². The Morgan fingerprint density at radius 1 is 1.14 bits per heavy atom. The minimum Gasteiger partial charge on any atom is -0.347 e. The van der Waals surface area contributed by atoms with Crippen LogP contribution in [0.15, 0.2) is 48.7 Å². The second-order valence-electron chi connectivity index (χ2n) is 6.13. The molecule has 3 heterocycles. The second-order valence-corrected chi connectivity index (χ2v) is 6.56. The van der Waals surface area contributed by atoms with Crippen molar-refractivity contribution in [3.63, 3.8) is 0 Å². The van der Waals surface area contributed by atoms with E-state index < -0.39 is 6.04 Å². The van der Waals surface area contributed by atoms with Gasteiger partial charge in [-0.2, -0.15) is 4.80 Å². The number of nitrogens with one attached hydrogen (secondary N) is 1. The lowest BCUT2D eigenvalue weighted by molar-refractivity contribution is -0.125. The maximum atomic E-state index is 12.7. The third-order valence-electron chi connectivity index (χ3n) is 4.30. The molecule has 142 valence electrons. The molecule has 0 radical (unpaired) electrons. The Morgan fingerprint density at radius 3 is 2.75 bits per heavy atom. The molecule has 0 aliphatic heterocycles. The molecular weight excluding hydrogens is 380 g/mol. The molecule has 0 bridgehead atoms. The molecule has 3 aromatic heterocycles. The minimum atomic E-state index is -0.576. The molecule has 1 unspecified atom stereocenters. The van der Waals surface area contributed by atoms with E-state index in [0.29, 0.717) is 23.1 Å². The Balaban J connectivity index is 1.47. The molecule has 1 amide bonds. The summed E-state index contributed by atoms with van der Waals surface area (Å²) >= 11 is 5.91. The van der Waals surface area contributed by atoms with Gasteiger partial charge in [-0.15, -0.1) is 20.4 Å². The highest BCUT2D eigenvalue weighted by atomic mass is 35.5. The van der Waals surface area contributed by atoms with Gasteiger partial charge in [0, 0.05) is 16.8 Å². The lowest BCUT2D eigenvalue weighted by Gasteiger charge is -2.13. The maximum Gasteiger partial charge on any atom is 0.247 e. The number of fused-ring (bicyclic) bond motifs is 1. The topological polar surface area (TPSA) is 103 Å². The molecule has 4 aromatic rings. The molecule has 1 atom stereocenters. The first-order valence-corrected chi connectivity index (χ1v) is 9.15. The Hall–Kier alpha value is -3.33. The molecule has 10 heteroatoms. The monoisotopic (exact) mass is 396 g/mol. The second kappa shape index (κ2) is 7.73. The van der Waals surface area contributed by atoms with Gasteiger partial charge in [0.1, 0.15) is 0 Å². The van der Waals surface area contributed by atoms with E-state index >= 15 is 0 Å². The molecule has 0 spiro atoms. The van der Waals surface area contributed by atoms with Crippen LogP contribution >= 0.6 is 11.6 Å². The highest BCUT2D eigenvalue weighted by Crippen LogP contribution is 2.18. The summed E-state index contributed by atoms with van der Waals surface area (Å²) in [7, 11) is 0. The number of benzene rings is 1. The number of rotatable bonds is 6. The Labute approximate surface area is 165 Å². The standard InChI is InChI=1S/C18H17ClN8O/c1-2-14(27-24-17(23-25-27)12-6-8-13(19)9-7-12)18(28)20-11-16-22-21-15-5-3-4-10-26(15)16/h3-10,14H,2,11H2,1H3,(H,20,28). The zero-order valence-electron chi connectivity index (χ0n) is 15.0. The summed E-state index contributed by atoms with van der Waals surface area (Å²) in [6.45, 7) is 2.14. The van der Waals surface area contributed by atoms with Gasteiger partial charge >= 0.3 is 0 Å². The van der Waals surface area contributed by atoms with Gasteiger partial charge in [0.15, 0.2) is 17.5 Å². The fraction of sp³-hybridized carbons (Fsp3) is 0.222. The summed E-state index contributed by atoms with van der Waals surface area (Å²) in [6.07, 6.45) is 2.37. The van der Waals surface area contributed by atoms with Gasteiger partial charge in [-0.1, -0.05) is 24.6 Å². The Kier molecular flexibility index (Phi) is 4.98. The molecule has 1 N–H and O–H groups in total. The molecule has 28 heavy (non-hydrogen) atoms. The van der Waals surface area contributed by atoms with E-state index in [1.807, 2.05) is 35.7 Å². The predicted molar refractivity (Wildman–Crippen MR) is 102 cm³/mol. The summed E-state index contributed by atoms with van der Waals surface area (Å²) in [4.78, 5) is 14.0. The lowest BCUT2D eigenvalue weighted by Crippen LogP contribution is -2.33. The summed E-state index contributed by atoms with van der Waals surface area (Å²) in [6, 6.07) is 12.2. The summed E-state index contributed by atoms with van der Waals surface area (Å²) in [5.41, 5.74) is 1.50. The van der Waals surface area contributed by atoms with Crippen LogP contribution in [0.3, 0.4) is 0 Å². The van der Waals surface area contributed by atoms with E-state index in [1.165, 1.54) is 4.80 Å². The van der Waals surface area contributed by atoms with Crippen LogP contribution in [-0.4, -0.2) is 40.7 Å². The molecule has 0 aliphatic rings. The van der Waals surface area contributed by atoms with E-state index in [4.69, 9.17) is 11.6 Å². The van der Waals surface area contributed by atoms with Gasteiger partial charge in [0.25, 0.3) is 0 Å². The highest BCUT2D eigenvalue weighted by molar-refractivity contribution is 6.30. The molecule has 1 aromatic carbocycles. The maximum absolute atomic E-state index is 12.7. The van der Waals surface area contributed by atoms with Crippen LogP contribution in [0.2, 0.25) is 5.02 Å². The number of hydrogen-bond donors (Lipinski definition) is 1. The smallest absolute Gasteiger partial charge is 0.247 e. The Bertz CT molecular complexity index is 1100. The van der Waals surface area contributed by atoms with Crippen molar-refractivity contribution in [3.05, 3.63) is 59.5 Å². The third-order valence-corrected chi connectivity index (χ3v) is 4.56. The number of carbonyl (C=O) groups is 1. The molecule has 4 rings (SSSR count). The van der Waals surface area contributed by atoms with Crippen LogP contribution in [0.1, 0.15) is 25.2 Å². The number of hydrogen-bond acceptors (Lipinski definition) is 6. The number of tetrazole rings is 1. The van der Waals surface area contributed by atoms with E-state index in [0.717, 1.165) is 11.2 Å². The van der Waals surface area contributed by atoms with Gasteiger partial charge in [0.05, 0.1) is 6.54 Å². The van der Waals surface area contributed by atoms with Gasteiger partial charge in [-0.25, -0.2) is 0 Å². The van der Waals surface area contributed by atoms with Crippen molar-refractivity contribution in [3.8, 4) is 11.4 Å². The molecule has 9 nitrogen and oxygen atoms in total. The number of amides is 1. The van der Waals surface area contributed by atoms with Crippen molar-refractivity contribution in [2.45, 2.75) is 25.9 Å². The number of halogens is 1.